The summed E-state index contributed by atoms with van der Waals surface area (Å²) in [4.78, 5) is 0. The molecule has 2 unspecified atom stereocenters. The van der Waals surface area contributed by atoms with Gasteiger partial charge in [-0.25, -0.2) is 0 Å². The van der Waals surface area contributed by atoms with E-state index >= 15 is 0 Å². The molecule has 2 heterocycles. The van der Waals surface area contributed by atoms with Crippen LogP contribution >= 0.6 is 0 Å². The summed E-state index contributed by atoms with van der Waals surface area (Å²) in [7, 11) is 1.87. The van der Waals surface area contributed by atoms with Gasteiger partial charge in [-0.1, -0.05) is 6.92 Å². The fraction of sp³-hybridized carbons (Fsp3) is 0.385. The van der Waals surface area contributed by atoms with E-state index in [2.05, 4.69) is 11.2 Å². The molecule has 94 valence electrons. The molecule has 0 bridgehead atoms. The monoisotopic (exact) mass is 243 g/mol. The lowest BCUT2D eigenvalue weighted by molar-refractivity contribution is 0.457. The SMILES string of the molecule is CCC(N)C(c1cnn(C)c1)n1cccc1C#N. The van der Waals surface area contributed by atoms with Crippen LogP contribution in [0, 0.1) is 11.3 Å². The maximum Gasteiger partial charge on any atom is 0.120 e. The van der Waals surface area contributed by atoms with Crippen molar-refractivity contribution in [3.63, 3.8) is 0 Å². The fourth-order valence-corrected chi connectivity index (χ4v) is 2.16. The number of aromatic nitrogens is 3. The normalized spacial score (nSPS) is 14.1. The Bertz CT molecular complexity index is 560. The van der Waals surface area contributed by atoms with E-state index in [0.29, 0.717) is 5.69 Å². The zero-order valence-corrected chi connectivity index (χ0v) is 10.6. The van der Waals surface area contributed by atoms with Gasteiger partial charge in [0.25, 0.3) is 0 Å². The van der Waals surface area contributed by atoms with E-state index in [4.69, 9.17) is 11.0 Å². The number of nitriles is 1. The molecule has 0 spiro atoms. The Morgan fingerprint density at radius 2 is 2.33 bits per heavy atom. The third-order valence-electron chi connectivity index (χ3n) is 3.14. The van der Waals surface area contributed by atoms with Crippen LogP contribution in [0.2, 0.25) is 0 Å². The third kappa shape index (κ3) is 2.15. The van der Waals surface area contributed by atoms with E-state index < -0.39 is 0 Å². The molecule has 0 radical (unpaired) electrons. The molecule has 0 aliphatic heterocycles. The van der Waals surface area contributed by atoms with Crippen LogP contribution in [0.3, 0.4) is 0 Å². The summed E-state index contributed by atoms with van der Waals surface area (Å²) >= 11 is 0. The Morgan fingerprint density at radius 3 is 2.89 bits per heavy atom. The van der Waals surface area contributed by atoms with Gasteiger partial charge in [-0.2, -0.15) is 10.4 Å². The van der Waals surface area contributed by atoms with Crippen LogP contribution in [0.1, 0.15) is 30.6 Å². The molecule has 2 aromatic heterocycles. The minimum atomic E-state index is -0.0478. The van der Waals surface area contributed by atoms with Gasteiger partial charge < -0.3 is 10.3 Å². The van der Waals surface area contributed by atoms with Crippen LogP contribution < -0.4 is 5.73 Å². The molecular formula is C13H17N5. The summed E-state index contributed by atoms with van der Waals surface area (Å²) in [5.41, 5.74) is 7.85. The maximum atomic E-state index is 9.13. The van der Waals surface area contributed by atoms with E-state index in [-0.39, 0.29) is 12.1 Å². The molecule has 0 aromatic carbocycles. The first kappa shape index (κ1) is 12.4. The second-order valence-corrected chi connectivity index (χ2v) is 4.38. The molecule has 5 heteroatoms. The zero-order valence-electron chi connectivity index (χ0n) is 10.6. The predicted molar refractivity (Wildman–Crippen MR) is 68.8 cm³/mol. The van der Waals surface area contributed by atoms with Crippen molar-refractivity contribution in [3.05, 3.63) is 42.0 Å². The van der Waals surface area contributed by atoms with Gasteiger partial charge in [-0.15, -0.1) is 0 Å². The molecule has 2 atom stereocenters. The standard InChI is InChI=1S/C13H17N5/c1-3-12(15)13(10-8-16-17(2)9-10)18-6-4-5-11(18)7-14/h4-6,8-9,12-13H,3,15H2,1-2H3. The molecule has 0 fully saturated rings. The maximum absolute atomic E-state index is 9.13. The van der Waals surface area contributed by atoms with Gasteiger partial charge in [0, 0.05) is 31.0 Å². The summed E-state index contributed by atoms with van der Waals surface area (Å²) < 4.78 is 3.67. The summed E-state index contributed by atoms with van der Waals surface area (Å²) in [6.07, 6.45) is 6.48. The molecular weight excluding hydrogens is 226 g/mol. The van der Waals surface area contributed by atoms with Gasteiger partial charge in [0.15, 0.2) is 0 Å². The second-order valence-electron chi connectivity index (χ2n) is 4.38. The van der Waals surface area contributed by atoms with Crippen molar-refractivity contribution in [2.75, 3.05) is 0 Å². The van der Waals surface area contributed by atoms with Crippen LogP contribution in [-0.4, -0.2) is 20.4 Å². The largest absolute Gasteiger partial charge is 0.330 e. The van der Waals surface area contributed by atoms with Crippen LogP contribution in [0.5, 0.6) is 0 Å². The number of nitrogens with two attached hydrogens (primary N) is 1. The first-order valence-electron chi connectivity index (χ1n) is 5.98. The van der Waals surface area contributed by atoms with Gasteiger partial charge in [0.05, 0.1) is 12.2 Å². The van der Waals surface area contributed by atoms with Crippen molar-refractivity contribution < 1.29 is 0 Å². The summed E-state index contributed by atoms with van der Waals surface area (Å²) in [6.45, 7) is 2.05. The van der Waals surface area contributed by atoms with Crippen molar-refractivity contribution in [1.82, 2.24) is 14.3 Å². The summed E-state index contributed by atoms with van der Waals surface area (Å²) in [5.74, 6) is 0. The van der Waals surface area contributed by atoms with Gasteiger partial charge in [0.1, 0.15) is 11.8 Å². The highest BCUT2D eigenvalue weighted by atomic mass is 15.2. The highest BCUT2D eigenvalue weighted by Crippen LogP contribution is 2.24. The predicted octanol–water partition coefficient (Wildman–Crippen LogP) is 1.42. The lowest BCUT2D eigenvalue weighted by atomic mass is 10.0. The van der Waals surface area contributed by atoms with Gasteiger partial charge in [-0.05, 0) is 18.6 Å². The van der Waals surface area contributed by atoms with Crippen molar-refractivity contribution >= 4 is 0 Å². The van der Waals surface area contributed by atoms with Crippen LogP contribution in [0.25, 0.3) is 0 Å². The fourth-order valence-electron chi connectivity index (χ4n) is 2.16. The van der Waals surface area contributed by atoms with E-state index in [1.54, 1.807) is 16.9 Å². The Kier molecular flexibility index (Phi) is 3.49. The molecule has 0 aliphatic carbocycles. The highest BCUT2D eigenvalue weighted by Gasteiger charge is 2.23. The Morgan fingerprint density at radius 1 is 1.56 bits per heavy atom. The lowest BCUT2D eigenvalue weighted by Gasteiger charge is -2.24. The molecule has 0 aliphatic rings. The van der Waals surface area contributed by atoms with Gasteiger partial charge in [0.2, 0.25) is 0 Å². The minimum absolute atomic E-state index is 0.0475. The van der Waals surface area contributed by atoms with Crippen LogP contribution in [-0.2, 0) is 7.05 Å². The molecule has 2 N–H and O–H groups in total. The molecule has 0 saturated heterocycles. The van der Waals surface area contributed by atoms with E-state index in [0.717, 1.165) is 12.0 Å². The summed E-state index contributed by atoms with van der Waals surface area (Å²) in [6, 6.07) is 5.76. The van der Waals surface area contributed by atoms with Crippen LogP contribution in [0.15, 0.2) is 30.7 Å². The van der Waals surface area contributed by atoms with Crippen molar-refractivity contribution in [2.24, 2.45) is 12.8 Å². The Hall–Kier alpha value is -2.06. The highest BCUT2D eigenvalue weighted by molar-refractivity contribution is 5.27. The summed E-state index contributed by atoms with van der Waals surface area (Å²) in [5, 5.41) is 13.3. The molecule has 0 amide bonds. The molecule has 5 nitrogen and oxygen atoms in total. The van der Waals surface area contributed by atoms with E-state index in [1.807, 2.05) is 37.0 Å². The van der Waals surface area contributed by atoms with Crippen molar-refractivity contribution in [3.8, 4) is 6.07 Å². The minimum Gasteiger partial charge on any atom is -0.330 e. The number of rotatable bonds is 4. The molecule has 2 aromatic rings. The van der Waals surface area contributed by atoms with E-state index in [1.165, 1.54) is 0 Å². The van der Waals surface area contributed by atoms with Gasteiger partial charge in [-0.3, -0.25) is 4.68 Å². The number of hydrogen-bond donors (Lipinski definition) is 1. The van der Waals surface area contributed by atoms with Crippen LogP contribution in [0.4, 0.5) is 0 Å². The zero-order chi connectivity index (χ0) is 13.1. The molecule has 2 rings (SSSR count). The lowest BCUT2D eigenvalue weighted by Crippen LogP contribution is -2.32. The number of hydrogen-bond acceptors (Lipinski definition) is 3. The topological polar surface area (TPSA) is 72.6 Å². The molecule has 18 heavy (non-hydrogen) atoms. The van der Waals surface area contributed by atoms with Gasteiger partial charge >= 0.3 is 0 Å². The molecule has 0 saturated carbocycles. The second kappa shape index (κ2) is 5.07. The average molecular weight is 243 g/mol. The third-order valence-corrected chi connectivity index (χ3v) is 3.14. The number of nitrogens with zero attached hydrogens (tertiary/aromatic N) is 4. The first-order valence-corrected chi connectivity index (χ1v) is 5.98. The van der Waals surface area contributed by atoms with E-state index in [9.17, 15) is 0 Å². The Labute approximate surface area is 106 Å². The quantitative estimate of drug-likeness (QED) is 0.882. The average Bonchev–Trinajstić information content (AvgIpc) is 2.99. The Balaban J connectivity index is 2.47. The first-order chi connectivity index (χ1) is 8.67. The number of aryl methyl sites for hydroxylation is 1. The van der Waals surface area contributed by atoms with Crippen molar-refractivity contribution in [1.29, 1.82) is 5.26 Å². The van der Waals surface area contributed by atoms with Crippen molar-refractivity contribution in [2.45, 2.75) is 25.4 Å². The smallest absolute Gasteiger partial charge is 0.120 e.